The Hall–Kier alpha value is -0.540. The minimum Gasteiger partial charge on any atom is -0.377 e. The van der Waals surface area contributed by atoms with Gasteiger partial charge >= 0.3 is 0 Å². The molecule has 0 unspecified atom stereocenters. The van der Waals surface area contributed by atoms with Gasteiger partial charge in [-0.2, -0.15) is 0 Å². The van der Waals surface area contributed by atoms with Crippen LogP contribution in [0.15, 0.2) is 22.7 Å². The average Bonchev–Trinajstić information content (AvgIpc) is 2.14. The molecular formula is C12H17BrN2. The summed E-state index contributed by atoms with van der Waals surface area (Å²) in [5, 5.41) is 0. The van der Waals surface area contributed by atoms with E-state index >= 15 is 0 Å². The van der Waals surface area contributed by atoms with Gasteiger partial charge in [0.25, 0.3) is 0 Å². The van der Waals surface area contributed by atoms with E-state index in [9.17, 15) is 0 Å². The third kappa shape index (κ3) is 1.79. The predicted octanol–water partition coefficient (Wildman–Crippen LogP) is 2.85. The zero-order valence-electron chi connectivity index (χ0n) is 9.26. The summed E-state index contributed by atoms with van der Waals surface area (Å²) in [7, 11) is 4.13. The lowest BCUT2D eigenvalue weighted by molar-refractivity contribution is 0.253. The first kappa shape index (κ1) is 11.0. The van der Waals surface area contributed by atoms with Crippen molar-refractivity contribution >= 4 is 21.6 Å². The van der Waals surface area contributed by atoms with Crippen LogP contribution in [0.1, 0.15) is 24.8 Å². The lowest BCUT2D eigenvalue weighted by Crippen LogP contribution is -2.44. The SMILES string of the molecule is CN(C)c1cccc(Br)c1C1(N)CCC1. The van der Waals surface area contributed by atoms with Crippen molar-refractivity contribution in [1.29, 1.82) is 0 Å². The molecule has 15 heavy (non-hydrogen) atoms. The van der Waals surface area contributed by atoms with E-state index in [4.69, 9.17) is 5.73 Å². The lowest BCUT2D eigenvalue weighted by Gasteiger charge is -2.41. The number of anilines is 1. The predicted molar refractivity (Wildman–Crippen MR) is 68.2 cm³/mol. The molecule has 1 aliphatic carbocycles. The normalized spacial score (nSPS) is 18.4. The summed E-state index contributed by atoms with van der Waals surface area (Å²) in [6, 6.07) is 6.27. The molecule has 0 amide bonds. The molecule has 0 heterocycles. The summed E-state index contributed by atoms with van der Waals surface area (Å²) < 4.78 is 1.14. The standard InChI is InChI=1S/C12H17BrN2/c1-15(2)10-6-3-5-9(13)11(10)12(14)7-4-8-12/h3,5-6H,4,7-8,14H2,1-2H3. The van der Waals surface area contributed by atoms with Gasteiger partial charge in [0.1, 0.15) is 0 Å². The number of nitrogens with two attached hydrogens (primary N) is 1. The Balaban J connectivity index is 2.52. The summed E-state index contributed by atoms with van der Waals surface area (Å²) in [6.07, 6.45) is 3.43. The summed E-state index contributed by atoms with van der Waals surface area (Å²) in [5.74, 6) is 0. The number of halogens is 1. The molecule has 82 valence electrons. The third-order valence-corrected chi connectivity index (χ3v) is 3.88. The molecule has 1 aromatic carbocycles. The molecule has 2 rings (SSSR count). The van der Waals surface area contributed by atoms with E-state index in [1.807, 2.05) is 0 Å². The molecule has 0 spiro atoms. The number of hydrogen-bond acceptors (Lipinski definition) is 2. The van der Waals surface area contributed by atoms with Crippen LogP contribution in [0.2, 0.25) is 0 Å². The molecule has 1 aliphatic rings. The van der Waals surface area contributed by atoms with Crippen molar-refractivity contribution in [1.82, 2.24) is 0 Å². The van der Waals surface area contributed by atoms with Crippen LogP contribution in [-0.4, -0.2) is 14.1 Å². The largest absolute Gasteiger partial charge is 0.377 e. The van der Waals surface area contributed by atoms with Crippen molar-refractivity contribution < 1.29 is 0 Å². The Kier molecular flexibility index (Phi) is 2.77. The first-order valence-corrected chi connectivity index (χ1v) is 6.09. The van der Waals surface area contributed by atoms with Crippen LogP contribution in [0.5, 0.6) is 0 Å². The Bertz CT molecular complexity index is 370. The van der Waals surface area contributed by atoms with Gasteiger partial charge in [-0.15, -0.1) is 0 Å². The highest BCUT2D eigenvalue weighted by atomic mass is 79.9. The van der Waals surface area contributed by atoms with Gasteiger partial charge in [-0.05, 0) is 31.4 Å². The summed E-state index contributed by atoms with van der Waals surface area (Å²) in [5.41, 5.74) is 8.79. The van der Waals surface area contributed by atoms with E-state index in [-0.39, 0.29) is 5.54 Å². The van der Waals surface area contributed by atoms with Crippen molar-refractivity contribution in [2.75, 3.05) is 19.0 Å². The Labute approximate surface area is 99.6 Å². The van der Waals surface area contributed by atoms with Crippen molar-refractivity contribution in [3.63, 3.8) is 0 Å². The van der Waals surface area contributed by atoms with Gasteiger partial charge in [-0.3, -0.25) is 0 Å². The average molecular weight is 269 g/mol. The Morgan fingerprint density at radius 1 is 1.33 bits per heavy atom. The molecule has 0 radical (unpaired) electrons. The van der Waals surface area contributed by atoms with E-state index in [1.165, 1.54) is 17.7 Å². The van der Waals surface area contributed by atoms with Crippen LogP contribution < -0.4 is 10.6 Å². The maximum atomic E-state index is 6.41. The van der Waals surface area contributed by atoms with Crippen molar-refractivity contribution in [2.45, 2.75) is 24.8 Å². The highest BCUT2D eigenvalue weighted by molar-refractivity contribution is 9.10. The van der Waals surface area contributed by atoms with Crippen molar-refractivity contribution in [3.8, 4) is 0 Å². The van der Waals surface area contributed by atoms with Crippen molar-refractivity contribution in [2.24, 2.45) is 5.73 Å². The van der Waals surface area contributed by atoms with E-state index in [0.717, 1.165) is 17.3 Å². The van der Waals surface area contributed by atoms with Crippen LogP contribution in [0.25, 0.3) is 0 Å². The molecular weight excluding hydrogens is 252 g/mol. The van der Waals surface area contributed by atoms with Crippen LogP contribution in [0, 0.1) is 0 Å². The molecule has 1 saturated carbocycles. The molecule has 0 aromatic heterocycles. The first-order valence-electron chi connectivity index (χ1n) is 5.30. The minimum absolute atomic E-state index is 0.111. The lowest BCUT2D eigenvalue weighted by atomic mass is 9.72. The number of rotatable bonds is 2. The third-order valence-electron chi connectivity index (χ3n) is 3.22. The monoisotopic (exact) mass is 268 g/mol. The van der Waals surface area contributed by atoms with Crippen LogP contribution >= 0.6 is 15.9 Å². The molecule has 1 aromatic rings. The molecule has 1 fully saturated rings. The zero-order chi connectivity index (χ0) is 11.1. The number of benzene rings is 1. The maximum Gasteiger partial charge on any atom is 0.0441 e. The van der Waals surface area contributed by atoms with Gasteiger partial charge in [0, 0.05) is 35.4 Å². The van der Waals surface area contributed by atoms with Gasteiger partial charge in [-0.25, -0.2) is 0 Å². The number of hydrogen-bond donors (Lipinski definition) is 1. The second kappa shape index (κ2) is 3.80. The van der Waals surface area contributed by atoms with E-state index in [1.54, 1.807) is 0 Å². The summed E-state index contributed by atoms with van der Waals surface area (Å²) >= 11 is 3.62. The van der Waals surface area contributed by atoms with E-state index < -0.39 is 0 Å². The van der Waals surface area contributed by atoms with Gasteiger partial charge in [0.05, 0.1) is 0 Å². The minimum atomic E-state index is -0.111. The summed E-state index contributed by atoms with van der Waals surface area (Å²) in [4.78, 5) is 2.13. The highest BCUT2D eigenvalue weighted by Crippen LogP contribution is 2.45. The fourth-order valence-electron chi connectivity index (χ4n) is 2.19. The highest BCUT2D eigenvalue weighted by Gasteiger charge is 2.37. The van der Waals surface area contributed by atoms with Gasteiger partial charge < -0.3 is 10.6 Å². The summed E-state index contributed by atoms with van der Waals surface area (Å²) in [6.45, 7) is 0. The second-order valence-electron chi connectivity index (χ2n) is 4.54. The molecule has 2 N–H and O–H groups in total. The zero-order valence-corrected chi connectivity index (χ0v) is 10.8. The quantitative estimate of drug-likeness (QED) is 0.894. The smallest absolute Gasteiger partial charge is 0.0441 e. The van der Waals surface area contributed by atoms with E-state index in [0.29, 0.717) is 0 Å². The Morgan fingerprint density at radius 3 is 2.47 bits per heavy atom. The van der Waals surface area contributed by atoms with Crippen LogP contribution in [-0.2, 0) is 5.54 Å². The topological polar surface area (TPSA) is 29.3 Å². The van der Waals surface area contributed by atoms with Crippen LogP contribution in [0.3, 0.4) is 0 Å². The second-order valence-corrected chi connectivity index (χ2v) is 5.39. The maximum absolute atomic E-state index is 6.41. The fraction of sp³-hybridized carbons (Fsp3) is 0.500. The van der Waals surface area contributed by atoms with Crippen LogP contribution in [0.4, 0.5) is 5.69 Å². The van der Waals surface area contributed by atoms with Gasteiger partial charge in [0.2, 0.25) is 0 Å². The van der Waals surface area contributed by atoms with Gasteiger partial charge in [0.15, 0.2) is 0 Å². The van der Waals surface area contributed by atoms with Crippen molar-refractivity contribution in [3.05, 3.63) is 28.2 Å². The molecule has 0 atom stereocenters. The molecule has 0 aliphatic heterocycles. The first-order chi connectivity index (χ1) is 7.04. The number of nitrogens with zero attached hydrogens (tertiary/aromatic N) is 1. The fourth-order valence-corrected chi connectivity index (χ4v) is 2.94. The van der Waals surface area contributed by atoms with E-state index in [2.05, 4.69) is 53.1 Å². The Morgan fingerprint density at radius 2 is 2.00 bits per heavy atom. The van der Waals surface area contributed by atoms with Gasteiger partial charge in [-0.1, -0.05) is 22.0 Å². The molecule has 0 bridgehead atoms. The molecule has 0 saturated heterocycles. The molecule has 3 heteroatoms. The molecule has 2 nitrogen and oxygen atoms in total.